The molecule has 0 aliphatic heterocycles. The average molecular weight is 394 g/mol. The smallest absolute Gasteiger partial charge is 0.329 e. The van der Waals surface area contributed by atoms with E-state index in [0.717, 1.165) is 16.5 Å². The zero-order valence-corrected chi connectivity index (χ0v) is 16.4. The number of imidazole rings is 1. The molecule has 0 saturated heterocycles. The van der Waals surface area contributed by atoms with Gasteiger partial charge in [0.1, 0.15) is 6.54 Å². The molecule has 0 spiro atoms. The number of carbonyl (C=O) groups excluding carboxylic acids is 1. The molecule has 0 aliphatic rings. The number of aromatic nitrogens is 5. The van der Waals surface area contributed by atoms with Crippen LogP contribution in [0.1, 0.15) is 18.1 Å². The van der Waals surface area contributed by atoms with E-state index in [9.17, 15) is 14.4 Å². The Morgan fingerprint density at radius 2 is 2.10 bits per heavy atom. The van der Waals surface area contributed by atoms with Crippen LogP contribution < -0.4 is 16.6 Å². The highest BCUT2D eigenvalue weighted by Gasteiger charge is 2.16. The largest absolute Gasteiger partial charge is 0.361 e. The normalized spacial score (nSPS) is 12.5. The molecule has 1 atom stereocenters. The molecule has 3 aromatic heterocycles. The minimum atomic E-state index is -0.560. The molecule has 0 saturated carbocycles. The van der Waals surface area contributed by atoms with Gasteiger partial charge in [-0.1, -0.05) is 18.2 Å². The van der Waals surface area contributed by atoms with Crippen molar-refractivity contribution in [2.45, 2.75) is 32.9 Å². The van der Waals surface area contributed by atoms with Crippen molar-refractivity contribution in [2.75, 3.05) is 0 Å². The monoisotopic (exact) mass is 394 g/mol. The molecule has 4 rings (SSSR count). The highest BCUT2D eigenvalue weighted by atomic mass is 16.2. The van der Waals surface area contributed by atoms with E-state index in [2.05, 4.69) is 39.3 Å². The molecule has 3 N–H and O–H groups in total. The zero-order chi connectivity index (χ0) is 20.7. The summed E-state index contributed by atoms with van der Waals surface area (Å²) in [6.07, 6.45) is 4.05. The fourth-order valence-corrected chi connectivity index (χ4v) is 3.69. The quantitative estimate of drug-likeness (QED) is 0.467. The van der Waals surface area contributed by atoms with Gasteiger partial charge in [0.05, 0.1) is 6.33 Å². The van der Waals surface area contributed by atoms with E-state index in [0.29, 0.717) is 6.42 Å². The third-order valence-corrected chi connectivity index (χ3v) is 5.13. The number of hydrogen-bond acceptors (Lipinski definition) is 4. The number of nitrogens with zero attached hydrogens (tertiary/aromatic N) is 3. The predicted octanol–water partition coefficient (Wildman–Crippen LogP) is 0.960. The van der Waals surface area contributed by atoms with Crippen molar-refractivity contribution < 1.29 is 4.79 Å². The summed E-state index contributed by atoms with van der Waals surface area (Å²) in [6, 6.07) is 6.05. The van der Waals surface area contributed by atoms with Crippen molar-refractivity contribution in [3.63, 3.8) is 0 Å². The van der Waals surface area contributed by atoms with Crippen molar-refractivity contribution in [3.8, 4) is 0 Å². The molecule has 3 heterocycles. The van der Waals surface area contributed by atoms with Crippen LogP contribution in [-0.2, 0) is 24.8 Å². The van der Waals surface area contributed by atoms with Crippen LogP contribution in [0.25, 0.3) is 22.1 Å². The number of amides is 1. The molecule has 9 heteroatoms. The number of benzene rings is 1. The van der Waals surface area contributed by atoms with Gasteiger partial charge in [0.2, 0.25) is 5.91 Å². The van der Waals surface area contributed by atoms with Crippen LogP contribution in [0.15, 0.2) is 40.3 Å². The van der Waals surface area contributed by atoms with Gasteiger partial charge in [-0.3, -0.25) is 19.1 Å². The summed E-state index contributed by atoms with van der Waals surface area (Å²) in [4.78, 5) is 46.0. The third kappa shape index (κ3) is 3.35. The van der Waals surface area contributed by atoms with Crippen LogP contribution in [0.4, 0.5) is 0 Å². The molecule has 150 valence electrons. The van der Waals surface area contributed by atoms with Crippen molar-refractivity contribution in [2.24, 2.45) is 7.05 Å². The molecule has 0 fully saturated rings. The Hall–Kier alpha value is -3.62. The van der Waals surface area contributed by atoms with E-state index in [1.54, 1.807) is 0 Å². The predicted molar refractivity (Wildman–Crippen MR) is 110 cm³/mol. The minimum Gasteiger partial charge on any atom is -0.361 e. The lowest BCUT2D eigenvalue weighted by Crippen LogP contribution is -2.37. The molecular formula is C20H22N6O3. The lowest BCUT2D eigenvalue weighted by Gasteiger charge is -2.14. The van der Waals surface area contributed by atoms with E-state index in [4.69, 9.17) is 0 Å². The van der Waals surface area contributed by atoms with Gasteiger partial charge in [0, 0.05) is 30.2 Å². The Morgan fingerprint density at radius 1 is 1.31 bits per heavy atom. The Morgan fingerprint density at radius 3 is 2.90 bits per heavy atom. The number of carbonyl (C=O) groups is 1. The van der Waals surface area contributed by atoms with Crippen LogP contribution in [0.2, 0.25) is 0 Å². The van der Waals surface area contributed by atoms with Crippen molar-refractivity contribution in [3.05, 3.63) is 62.7 Å². The highest BCUT2D eigenvalue weighted by Crippen LogP contribution is 2.22. The van der Waals surface area contributed by atoms with Crippen LogP contribution in [0.5, 0.6) is 0 Å². The first-order chi connectivity index (χ1) is 13.8. The summed E-state index contributed by atoms with van der Waals surface area (Å²) < 4.78 is 2.69. The maximum absolute atomic E-state index is 12.5. The molecule has 9 nitrogen and oxygen atoms in total. The van der Waals surface area contributed by atoms with Crippen molar-refractivity contribution in [1.82, 2.24) is 29.4 Å². The molecule has 1 aromatic carbocycles. The molecule has 29 heavy (non-hydrogen) atoms. The maximum atomic E-state index is 12.5. The van der Waals surface area contributed by atoms with Crippen molar-refractivity contribution >= 4 is 28.0 Å². The van der Waals surface area contributed by atoms with Crippen LogP contribution in [0.3, 0.4) is 0 Å². The minimum absolute atomic E-state index is 0.0604. The average Bonchev–Trinajstić information content (AvgIpc) is 3.25. The first-order valence-corrected chi connectivity index (χ1v) is 9.34. The van der Waals surface area contributed by atoms with Gasteiger partial charge in [0.15, 0.2) is 11.2 Å². The Bertz CT molecular complexity index is 1340. The van der Waals surface area contributed by atoms with Crippen molar-refractivity contribution in [1.29, 1.82) is 0 Å². The summed E-state index contributed by atoms with van der Waals surface area (Å²) in [7, 11) is 1.52. The lowest BCUT2D eigenvalue weighted by molar-refractivity contribution is -0.122. The number of hydrogen-bond donors (Lipinski definition) is 3. The number of nitrogens with one attached hydrogen (secondary N) is 3. The molecule has 0 radical (unpaired) electrons. The molecule has 0 aliphatic carbocycles. The fourth-order valence-electron chi connectivity index (χ4n) is 3.69. The summed E-state index contributed by atoms with van der Waals surface area (Å²) in [6.45, 7) is 3.94. The SMILES string of the molecule is Cc1cccc2c(C[C@@H](C)NC(=O)Cn3cnc4c3c(=O)[nH]c(=O)n4C)c[nH]c12. The van der Waals surface area contributed by atoms with E-state index in [-0.39, 0.29) is 29.7 Å². The second-order valence-corrected chi connectivity index (χ2v) is 7.35. The topological polar surface area (TPSA) is 118 Å². The zero-order valence-electron chi connectivity index (χ0n) is 16.4. The molecule has 1 amide bonds. The molecule has 0 unspecified atom stereocenters. The Balaban J connectivity index is 1.49. The van der Waals surface area contributed by atoms with Crippen LogP contribution in [0, 0.1) is 6.92 Å². The van der Waals surface area contributed by atoms with Gasteiger partial charge in [-0.15, -0.1) is 0 Å². The summed E-state index contributed by atoms with van der Waals surface area (Å²) >= 11 is 0. The van der Waals surface area contributed by atoms with Gasteiger partial charge in [-0.25, -0.2) is 9.78 Å². The molecule has 0 bridgehead atoms. The fraction of sp³-hybridized carbons (Fsp3) is 0.300. The van der Waals surface area contributed by atoms with Gasteiger partial charge in [-0.2, -0.15) is 0 Å². The van der Waals surface area contributed by atoms with E-state index in [1.165, 1.54) is 28.1 Å². The number of aryl methyl sites for hydroxylation is 2. The number of H-pyrrole nitrogens is 2. The number of para-hydroxylation sites is 1. The molecule has 4 aromatic rings. The van der Waals surface area contributed by atoms with Crippen LogP contribution >= 0.6 is 0 Å². The first kappa shape index (κ1) is 18.7. The Kier molecular flexibility index (Phi) is 4.57. The molecular weight excluding hydrogens is 372 g/mol. The highest BCUT2D eigenvalue weighted by molar-refractivity contribution is 5.86. The second-order valence-electron chi connectivity index (χ2n) is 7.35. The van der Waals surface area contributed by atoms with E-state index < -0.39 is 11.2 Å². The van der Waals surface area contributed by atoms with Gasteiger partial charge >= 0.3 is 5.69 Å². The standard InChI is InChI=1S/C20H22N6O3/c1-11-5-4-6-14-13(8-21-16(11)14)7-12(2)23-15(27)9-26-10-22-18-17(26)19(28)24-20(29)25(18)3/h4-6,8,10,12,21H,7,9H2,1-3H3,(H,23,27)(H,24,28,29)/t12-/m1/s1. The third-order valence-electron chi connectivity index (χ3n) is 5.13. The van der Waals surface area contributed by atoms with E-state index >= 15 is 0 Å². The number of aromatic amines is 2. The van der Waals surface area contributed by atoms with Gasteiger partial charge in [0.25, 0.3) is 5.56 Å². The number of fused-ring (bicyclic) bond motifs is 2. The van der Waals surface area contributed by atoms with Gasteiger partial charge < -0.3 is 14.9 Å². The summed E-state index contributed by atoms with van der Waals surface area (Å²) in [5, 5.41) is 4.12. The Labute approximate surface area is 165 Å². The van der Waals surface area contributed by atoms with Crippen LogP contribution in [-0.4, -0.2) is 36.0 Å². The first-order valence-electron chi connectivity index (χ1n) is 9.34. The number of rotatable bonds is 5. The van der Waals surface area contributed by atoms with Gasteiger partial charge in [-0.05, 0) is 31.4 Å². The second kappa shape index (κ2) is 7.08. The lowest BCUT2D eigenvalue weighted by atomic mass is 10.0. The maximum Gasteiger partial charge on any atom is 0.329 e. The summed E-state index contributed by atoms with van der Waals surface area (Å²) in [5.41, 5.74) is 2.76. The summed E-state index contributed by atoms with van der Waals surface area (Å²) in [5.74, 6) is -0.235. The van der Waals surface area contributed by atoms with E-state index in [1.807, 2.05) is 19.2 Å².